The smallest absolute Gasteiger partial charge is 0.225 e. The van der Waals surface area contributed by atoms with Gasteiger partial charge in [0.05, 0.1) is 19.7 Å². The number of pyridine rings is 1. The Labute approximate surface area is 142 Å². The van der Waals surface area contributed by atoms with Gasteiger partial charge in [-0.1, -0.05) is 13.8 Å². The summed E-state index contributed by atoms with van der Waals surface area (Å²) < 4.78 is 5.93. The molecule has 1 unspecified atom stereocenters. The number of hydrogen-bond donors (Lipinski definition) is 1. The lowest BCUT2D eigenvalue weighted by molar-refractivity contribution is -0.160. The van der Waals surface area contributed by atoms with E-state index in [1.807, 2.05) is 30.9 Å². The van der Waals surface area contributed by atoms with E-state index < -0.39 is 0 Å². The minimum absolute atomic E-state index is 0.0264. The highest BCUT2D eigenvalue weighted by molar-refractivity contribution is 5.79. The highest BCUT2D eigenvalue weighted by Gasteiger charge is 2.51. The molecule has 2 fully saturated rings. The van der Waals surface area contributed by atoms with Gasteiger partial charge in [0.25, 0.3) is 0 Å². The van der Waals surface area contributed by atoms with Gasteiger partial charge >= 0.3 is 0 Å². The maximum Gasteiger partial charge on any atom is 0.225 e. The Hall–Kier alpha value is -1.95. The lowest BCUT2D eigenvalue weighted by Crippen LogP contribution is -2.63. The van der Waals surface area contributed by atoms with Crippen molar-refractivity contribution in [3.63, 3.8) is 0 Å². The SMILES string of the molecule is CC(C)C(=O)N1CC2(CC(CC(=O)NCc3ccncc3)CO2)C1. The minimum atomic E-state index is -0.208. The molecule has 2 saturated heterocycles. The van der Waals surface area contributed by atoms with E-state index in [0.29, 0.717) is 32.7 Å². The predicted molar refractivity (Wildman–Crippen MR) is 88.9 cm³/mol. The molecule has 0 bridgehead atoms. The van der Waals surface area contributed by atoms with Crippen LogP contribution in [0.4, 0.5) is 0 Å². The van der Waals surface area contributed by atoms with E-state index in [-0.39, 0.29) is 29.3 Å². The van der Waals surface area contributed by atoms with Crippen LogP contribution in [-0.4, -0.2) is 47.0 Å². The van der Waals surface area contributed by atoms with E-state index in [1.54, 1.807) is 12.4 Å². The lowest BCUT2D eigenvalue weighted by Gasteiger charge is -2.47. The molecule has 0 saturated carbocycles. The maximum atomic E-state index is 12.1. The first-order valence-electron chi connectivity index (χ1n) is 8.56. The van der Waals surface area contributed by atoms with Crippen LogP contribution in [-0.2, 0) is 20.9 Å². The third-order valence-corrected chi connectivity index (χ3v) is 4.76. The van der Waals surface area contributed by atoms with Gasteiger partial charge in [0.15, 0.2) is 0 Å². The quantitative estimate of drug-likeness (QED) is 0.884. The number of ether oxygens (including phenoxy) is 1. The van der Waals surface area contributed by atoms with E-state index in [1.165, 1.54) is 0 Å². The molecule has 1 N–H and O–H groups in total. The molecule has 0 radical (unpaired) electrons. The third-order valence-electron chi connectivity index (χ3n) is 4.76. The topological polar surface area (TPSA) is 71.5 Å². The van der Waals surface area contributed by atoms with Gasteiger partial charge in [0, 0.05) is 31.3 Å². The number of carbonyl (C=O) groups is 2. The average molecular weight is 331 g/mol. The lowest BCUT2D eigenvalue weighted by atomic mass is 9.85. The Morgan fingerprint density at radius 2 is 2.08 bits per heavy atom. The van der Waals surface area contributed by atoms with Gasteiger partial charge in [-0.05, 0) is 30.0 Å². The fraction of sp³-hybridized carbons (Fsp3) is 0.611. The number of rotatable bonds is 5. The molecular weight excluding hydrogens is 306 g/mol. The van der Waals surface area contributed by atoms with E-state index >= 15 is 0 Å². The fourth-order valence-electron chi connectivity index (χ4n) is 3.50. The molecule has 0 aromatic carbocycles. The zero-order chi connectivity index (χ0) is 17.2. The van der Waals surface area contributed by atoms with Gasteiger partial charge in [0.2, 0.25) is 11.8 Å². The first kappa shape index (κ1) is 16.9. The number of likely N-dealkylation sites (tertiary alicyclic amines) is 1. The second-order valence-electron chi connectivity index (χ2n) is 7.25. The number of nitrogens with zero attached hydrogens (tertiary/aromatic N) is 2. The molecular formula is C18H25N3O3. The summed E-state index contributed by atoms with van der Waals surface area (Å²) in [7, 11) is 0. The van der Waals surface area contributed by atoms with Crippen molar-refractivity contribution >= 4 is 11.8 Å². The summed E-state index contributed by atoms with van der Waals surface area (Å²) in [5, 5.41) is 2.94. The van der Waals surface area contributed by atoms with Gasteiger partial charge in [0.1, 0.15) is 5.60 Å². The number of carbonyl (C=O) groups excluding carboxylic acids is 2. The first-order valence-corrected chi connectivity index (χ1v) is 8.56. The standard InChI is InChI=1S/C18H25N3O3/c1-13(2)17(23)21-11-18(12-21)8-15(10-24-18)7-16(22)20-9-14-3-5-19-6-4-14/h3-6,13,15H,7-12H2,1-2H3,(H,20,22). The average Bonchev–Trinajstić information content (AvgIpc) is 2.96. The number of nitrogens with one attached hydrogen (secondary N) is 1. The van der Waals surface area contributed by atoms with Crippen molar-refractivity contribution in [3.05, 3.63) is 30.1 Å². The van der Waals surface area contributed by atoms with Crippen LogP contribution in [0.1, 0.15) is 32.3 Å². The molecule has 24 heavy (non-hydrogen) atoms. The number of aromatic nitrogens is 1. The molecule has 1 spiro atoms. The van der Waals surface area contributed by atoms with Gasteiger partial charge in [-0.15, -0.1) is 0 Å². The molecule has 2 aliphatic heterocycles. The Morgan fingerprint density at radius 3 is 2.75 bits per heavy atom. The highest BCUT2D eigenvalue weighted by Crippen LogP contribution is 2.39. The summed E-state index contributed by atoms with van der Waals surface area (Å²) in [5.41, 5.74) is 0.833. The second kappa shape index (κ2) is 6.89. The number of hydrogen-bond acceptors (Lipinski definition) is 4. The van der Waals surface area contributed by atoms with Crippen molar-refractivity contribution in [1.82, 2.24) is 15.2 Å². The van der Waals surface area contributed by atoms with Crippen molar-refractivity contribution in [1.29, 1.82) is 0 Å². The molecule has 0 aliphatic carbocycles. The summed E-state index contributed by atoms with van der Waals surface area (Å²) in [6, 6.07) is 3.78. The Bertz CT molecular complexity index is 597. The van der Waals surface area contributed by atoms with Crippen molar-refractivity contribution in [2.75, 3.05) is 19.7 Å². The monoisotopic (exact) mass is 331 g/mol. The molecule has 6 nitrogen and oxygen atoms in total. The zero-order valence-corrected chi connectivity index (χ0v) is 14.3. The normalized spacial score (nSPS) is 21.8. The van der Waals surface area contributed by atoms with E-state index in [4.69, 9.17) is 4.74 Å². The van der Waals surface area contributed by atoms with Crippen LogP contribution in [0.3, 0.4) is 0 Å². The Kier molecular flexibility index (Phi) is 4.85. The summed E-state index contributed by atoms with van der Waals surface area (Å²) in [6.45, 7) is 6.29. The highest BCUT2D eigenvalue weighted by atomic mass is 16.5. The summed E-state index contributed by atoms with van der Waals surface area (Å²) in [4.78, 5) is 29.9. The molecule has 130 valence electrons. The molecule has 6 heteroatoms. The van der Waals surface area contributed by atoms with Gasteiger partial charge < -0.3 is 15.0 Å². The Morgan fingerprint density at radius 1 is 1.38 bits per heavy atom. The molecule has 3 heterocycles. The van der Waals surface area contributed by atoms with Crippen LogP contribution in [0.25, 0.3) is 0 Å². The van der Waals surface area contributed by atoms with Crippen LogP contribution in [0.2, 0.25) is 0 Å². The van der Waals surface area contributed by atoms with Crippen LogP contribution in [0, 0.1) is 11.8 Å². The van der Waals surface area contributed by atoms with Crippen LogP contribution >= 0.6 is 0 Å². The Balaban J connectivity index is 1.41. The van der Waals surface area contributed by atoms with E-state index in [2.05, 4.69) is 10.3 Å². The molecule has 1 atom stereocenters. The summed E-state index contributed by atoms with van der Waals surface area (Å²) >= 11 is 0. The second-order valence-corrected chi connectivity index (χ2v) is 7.25. The summed E-state index contributed by atoms with van der Waals surface area (Å²) in [5.74, 6) is 0.493. The van der Waals surface area contributed by atoms with Crippen molar-refractivity contribution in [2.24, 2.45) is 11.8 Å². The molecule has 1 aromatic rings. The first-order chi connectivity index (χ1) is 11.5. The predicted octanol–water partition coefficient (Wildman–Crippen LogP) is 1.36. The largest absolute Gasteiger partial charge is 0.371 e. The molecule has 3 rings (SSSR count). The van der Waals surface area contributed by atoms with Crippen molar-refractivity contribution < 1.29 is 14.3 Å². The van der Waals surface area contributed by atoms with Gasteiger partial charge in [-0.2, -0.15) is 0 Å². The van der Waals surface area contributed by atoms with Crippen LogP contribution < -0.4 is 5.32 Å². The number of amides is 2. The van der Waals surface area contributed by atoms with Gasteiger partial charge in [-0.3, -0.25) is 14.6 Å². The van der Waals surface area contributed by atoms with Crippen LogP contribution in [0.5, 0.6) is 0 Å². The summed E-state index contributed by atoms with van der Waals surface area (Å²) in [6.07, 6.45) is 4.77. The molecule has 1 aromatic heterocycles. The maximum absolute atomic E-state index is 12.1. The van der Waals surface area contributed by atoms with Crippen molar-refractivity contribution in [2.45, 2.75) is 38.8 Å². The third kappa shape index (κ3) is 3.75. The minimum Gasteiger partial charge on any atom is -0.371 e. The molecule has 2 aliphatic rings. The van der Waals surface area contributed by atoms with Crippen LogP contribution in [0.15, 0.2) is 24.5 Å². The zero-order valence-electron chi connectivity index (χ0n) is 14.3. The van der Waals surface area contributed by atoms with E-state index in [9.17, 15) is 9.59 Å². The fourth-order valence-corrected chi connectivity index (χ4v) is 3.50. The van der Waals surface area contributed by atoms with E-state index in [0.717, 1.165) is 12.0 Å². The molecule has 2 amide bonds. The van der Waals surface area contributed by atoms with Crippen molar-refractivity contribution in [3.8, 4) is 0 Å². The van der Waals surface area contributed by atoms with Gasteiger partial charge in [-0.25, -0.2) is 0 Å².